The number of nitriles is 1. The summed E-state index contributed by atoms with van der Waals surface area (Å²) >= 11 is 5.91. The number of nitrogens with zero attached hydrogens (tertiary/aromatic N) is 2. The Bertz CT molecular complexity index is 640. The van der Waals surface area contributed by atoms with Crippen molar-refractivity contribution in [3.63, 3.8) is 0 Å². The van der Waals surface area contributed by atoms with Crippen LogP contribution in [-0.4, -0.2) is 39.4 Å². The van der Waals surface area contributed by atoms with Gasteiger partial charge >= 0.3 is 0 Å². The van der Waals surface area contributed by atoms with Crippen molar-refractivity contribution in [2.45, 2.75) is 11.3 Å². The fourth-order valence-electron chi connectivity index (χ4n) is 2.37. The minimum absolute atomic E-state index is 0.145. The van der Waals surface area contributed by atoms with Crippen LogP contribution in [0.2, 0.25) is 5.02 Å². The molecule has 0 aromatic heterocycles. The third-order valence-corrected chi connectivity index (χ3v) is 5.61. The van der Waals surface area contributed by atoms with E-state index in [1.165, 1.54) is 22.5 Å². The van der Waals surface area contributed by atoms with E-state index in [4.69, 9.17) is 16.9 Å². The number of hydrogen-bond acceptors (Lipinski definition) is 4. The molecule has 2 rings (SSSR count). The van der Waals surface area contributed by atoms with Gasteiger partial charge in [0.25, 0.3) is 0 Å². The summed E-state index contributed by atoms with van der Waals surface area (Å²) in [6.07, 6.45) is 0.851. The Morgan fingerprint density at radius 1 is 1.55 bits per heavy atom. The minimum atomic E-state index is -3.53. The van der Waals surface area contributed by atoms with Crippen molar-refractivity contribution in [1.29, 1.82) is 5.26 Å². The van der Waals surface area contributed by atoms with E-state index in [0.29, 0.717) is 19.0 Å². The summed E-state index contributed by atoms with van der Waals surface area (Å²) in [6.45, 7) is 1.84. The van der Waals surface area contributed by atoms with Gasteiger partial charge in [-0.15, -0.1) is 0 Å². The average molecular weight is 314 g/mol. The fourth-order valence-corrected chi connectivity index (χ4v) is 4.21. The molecule has 0 saturated carbocycles. The Morgan fingerprint density at radius 3 is 2.90 bits per heavy atom. The van der Waals surface area contributed by atoms with E-state index >= 15 is 0 Å². The van der Waals surface area contributed by atoms with Gasteiger partial charge in [-0.25, -0.2) is 8.42 Å². The van der Waals surface area contributed by atoms with Gasteiger partial charge in [0.15, 0.2) is 0 Å². The van der Waals surface area contributed by atoms with Crippen molar-refractivity contribution in [3.05, 3.63) is 28.8 Å². The van der Waals surface area contributed by atoms with Gasteiger partial charge in [0.1, 0.15) is 6.07 Å². The van der Waals surface area contributed by atoms with Gasteiger partial charge in [-0.3, -0.25) is 0 Å². The largest absolute Gasteiger partial charge is 0.319 e. The Kier molecular flexibility index (Phi) is 4.66. The van der Waals surface area contributed by atoms with Crippen LogP contribution in [0.3, 0.4) is 0 Å². The zero-order valence-corrected chi connectivity index (χ0v) is 12.7. The summed E-state index contributed by atoms with van der Waals surface area (Å²) in [5, 5.41) is 12.0. The summed E-state index contributed by atoms with van der Waals surface area (Å²) < 4.78 is 26.5. The highest BCUT2D eigenvalue weighted by atomic mass is 35.5. The van der Waals surface area contributed by atoms with Gasteiger partial charge in [-0.2, -0.15) is 9.57 Å². The molecule has 1 aliphatic rings. The van der Waals surface area contributed by atoms with Crippen LogP contribution in [0.5, 0.6) is 0 Å². The molecular weight excluding hydrogens is 298 g/mol. The van der Waals surface area contributed by atoms with Crippen molar-refractivity contribution in [2.75, 3.05) is 26.7 Å². The Hall–Kier alpha value is -1.13. The lowest BCUT2D eigenvalue weighted by Gasteiger charge is -2.17. The molecule has 0 spiro atoms. The van der Waals surface area contributed by atoms with Crippen LogP contribution >= 0.6 is 11.6 Å². The van der Waals surface area contributed by atoms with E-state index in [9.17, 15) is 8.42 Å². The second-order valence-electron chi connectivity index (χ2n) is 4.83. The topological polar surface area (TPSA) is 73.2 Å². The molecule has 5 nitrogen and oxygen atoms in total. The van der Waals surface area contributed by atoms with Crippen LogP contribution in [0, 0.1) is 17.2 Å². The molecule has 0 aliphatic carbocycles. The summed E-state index contributed by atoms with van der Waals surface area (Å²) in [5.41, 5.74) is 0.278. The van der Waals surface area contributed by atoms with E-state index in [1.54, 1.807) is 0 Å². The highest BCUT2D eigenvalue weighted by Gasteiger charge is 2.32. The number of nitrogens with one attached hydrogen (secondary N) is 1. The van der Waals surface area contributed by atoms with E-state index in [2.05, 4.69) is 5.32 Å². The number of rotatable bonds is 4. The van der Waals surface area contributed by atoms with Crippen molar-refractivity contribution >= 4 is 21.6 Å². The molecule has 1 saturated heterocycles. The highest BCUT2D eigenvalue weighted by molar-refractivity contribution is 7.89. The highest BCUT2D eigenvalue weighted by Crippen LogP contribution is 2.26. The van der Waals surface area contributed by atoms with E-state index in [0.717, 1.165) is 13.0 Å². The van der Waals surface area contributed by atoms with E-state index < -0.39 is 10.0 Å². The maximum Gasteiger partial charge on any atom is 0.243 e. The Morgan fingerprint density at radius 2 is 2.30 bits per heavy atom. The third-order valence-electron chi connectivity index (χ3n) is 3.44. The van der Waals surface area contributed by atoms with E-state index in [-0.39, 0.29) is 15.5 Å². The maximum absolute atomic E-state index is 12.5. The Labute approximate surface area is 124 Å². The summed E-state index contributed by atoms with van der Waals surface area (Å²) in [5.74, 6) is 0.337. The zero-order valence-electron chi connectivity index (χ0n) is 11.1. The van der Waals surface area contributed by atoms with Gasteiger partial charge in [0.05, 0.1) is 15.5 Å². The Balaban J connectivity index is 2.23. The first kappa shape index (κ1) is 15.3. The van der Waals surface area contributed by atoms with Gasteiger partial charge in [0, 0.05) is 13.1 Å². The summed E-state index contributed by atoms with van der Waals surface area (Å²) in [6, 6.07) is 6.14. The predicted molar refractivity (Wildman–Crippen MR) is 77.0 cm³/mol. The van der Waals surface area contributed by atoms with Crippen molar-refractivity contribution in [1.82, 2.24) is 9.62 Å². The van der Waals surface area contributed by atoms with Crippen LogP contribution in [0.25, 0.3) is 0 Å². The molecule has 1 fully saturated rings. The first-order valence-electron chi connectivity index (χ1n) is 6.33. The molecule has 1 atom stereocenters. The molecule has 0 amide bonds. The first-order chi connectivity index (χ1) is 9.48. The van der Waals surface area contributed by atoms with Crippen molar-refractivity contribution in [2.24, 2.45) is 5.92 Å². The molecule has 7 heteroatoms. The molecular formula is C13H16ClN3O2S. The number of halogens is 1. The lowest BCUT2D eigenvalue weighted by molar-refractivity contribution is 0.451. The molecule has 0 radical (unpaired) electrons. The standard InChI is InChI=1S/C13H16ClN3O2S/c1-16-8-10-4-5-17(9-10)20(18,19)12-3-2-11(7-15)13(14)6-12/h2-3,6,10,16H,4-5,8-9H2,1H3. The quantitative estimate of drug-likeness (QED) is 0.913. The monoisotopic (exact) mass is 313 g/mol. The fraction of sp³-hybridized carbons (Fsp3) is 0.462. The van der Waals surface area contributed by atoms with E-state index in [1.807, 2.05) is 13.1 Å². The smallest absolute Gasteiger partial charge is 0.243 e. The normalized spacial score (nSPS) is 19.9. The SMILES string of the molecule is CNCC1CCN(S(=O)(=O)c2ccc(C#N)c(Cl)c2)C1. The second-order valence-corrected chi connectivity index (χ2v) is 7.17. The van der Waals surface area contributed by atoms with Crippen LogP contribution in [0.4, 0.5) is 0 Å². The first-order valence-corrected chi connectivity index (χ1v) is 8.15. The molecule has 1 heterocycles. The molecule has 1 aliphatic heterocycles. The van der Waals surface area contributed by atoms with Gasteiger partial charge < -0.3 is 5.32 Å². The van der Waals surface area contributed by atoms with Crippen LogP contribution in [0.1, 0.15) is 12.0 Å². The number of benzene rings is 1. The number of hydrogen-bond donors (Lipinski definition) is 1. The molecule has 1 N–H and O–H groups in total. The van der Waals surface area contributed by atoms with Crippen LogP contribution < -0.4 is 5.32 Å². The molecule has 1 aromatic carbocycles. The maximum atomic E-state index is 12.5. The molecule has 108 valence electrons. The van der Waals surface area contributed by atoms with Gasteiger partial charge in [-0.1, -0.05) is 11.6 Å². The average Bonchev–Trinajstić information content (AvgIpc) is 2.88. The summed E-state index contributed by atoms with van der Waals surface area (Å²) in [7, 11) is -1.67. The van der Waals surface area contributed by atoms with Gasteiger partial charge in [0.2, 0.25) is 10.0 Å². The second kappa shape index (κ2) is 6.10. The predicted octanol–water partition coefficient (Wildman–Crippen LogP) is 1.44. The molecule has 1 aromatic rings. The van der Waals surface area contributed by atoms with Crippen LogP contribution in [-0.2, 0) is 10.0 Å². The molecule has 0 bridgehead atoms. The minimum Gasteiger partial charge on any atom is -0.319 e. The van der Waals surface area contributed by atoms with Crippen molar-refractivity contribution < 1.29 is 8.42 Å². The summed E-state index contributed by atoms with van der Waals surface area (Å²) in [4.78, 5) is 0.145. The lowest BCUT2D eigenvalue weighted by Crippen LogP contribution is -2.30. The zero-order chi connectivity index (χ0) is 14.8. The number of sulfonamides is 1. The third kappa shape index (κ3) is 2.96. The lowest BCUT2D eigenvalue weighted by atomic mass is 10.1. The van der Waals surface area contributed by atoms with Crippen LogP contribution in [0.15, 0.2) is 23.1 Å². The molecule has 1 unspecified atom stereocenters. The van der Waals surface area contributed by atoms with Gasteiger partial charge in [-0.05, 0) is 44.1 Å². The van der Waals surface area contributed by atoms with Crippen molar-refractivity contribution in [3.8, 4) is 6.07 Å². The molecule has 20 heavy (non-hydrogen) atoms.